The van der Waals surface area contributed by atoms with Gasteiger partial charge in [-0.15, -0.1) is 8.78 Å². The lowest BCUT2D eigenvalue weighted by Gasteiger charge is -2.17. The van der Waals surface area contributed by atoms with Gasteiger partial charge in [0.05, 0.1) is 29.1 Å². The highest BCUT2D eigenvalue weighted by Crippen LogP contribution is 2.43. The molecule has 34 heavy (non-hydrogen) atoms. The van der Waals surface area contributed by atoms with Crippen molar-refractivity contribution in [2.24, 2.45) is 0 Å². The zero-order valence-electron chi connectivity index (χ0n) is 18.7. The highest BCUT2D eigenvalue weighted by molar-refractivity contribution is 5.97. The summed E-state index contributed by atoms with van der Waals surface area (Å²) < 4.78 is 37.6. The SMILES string of the molecule is Cc1cc2nc(CC(=O)c3ccc(C(C)(C)O)cc3)cc(-c3ccc4c(c3)OC(F)(F)O4)n2n1. The van der Waals surface area contributed by atoms with Crippen molar-refractivity contribution in [2.45, 2.75) is 39.1 Å². The van der Waals surface area contributed by atoms with Crippen molar-refractivity contribution in [1.29, 1.82) is 0 Å². The lowest BCUT2D eigenvalue weighted by molar-refractivity contribution is -0.286. The molecule has 2 aromatic carbocycles. The van der Waals surface area contributed by atoms with Crippen molar-refractivity contribution in [3.05, 3.63) is 77.1 Å². The molecule has 1 aliphatic rings. The Bertz CT molecular complexity index is 1420. The van der Waals surface area contributed by atoms with E-state index in [4.69, 9.17) is 0 Å². The molecular formula is C25H21F2N3O4. The van der Waals surface area contributed by atoms with Crippen LogP contribution in [-0.4, -0.2) is 31.8 Å². The average Bonchev–Trinajstić information content (AvgIpc) is 3.28. The first kappa shape index (κ1) is 22.0. The van der Waals surface area contributed by atoms with Gasteiger partial charge in [0.25, 0.3) is 0 Å². The number of Topliss-reactive ketones (excluding diaryl/α,β-unsaturated/α-hetero) is 1. The van der Waals surface area contributed by atoms with Crippen LogP contribution in [0.2, 0.25) is 0 Å². The van der Waals surface area contributed by atoms with Crippen LogP contribution in [0.5, 0.6) is 11.5 Å². The topological polar surface area (TPSA) is 86.0 Å². The third kappa shape index (κ3) is 4.10. The van der Waals surface area contributed by atoms with Crippen LogP contribution in [0.15, 0.2) is 54.6 Å². The minimum absolute atomic E-state index is 0.0260. The predicted molar refractivity (Wildman–Crippen MR) is 119 cm³/mol. The van der Waals surface area contributed by atoms with Gasteiger partial charge >= 0.3 is 6.29 Å². The number of ketones is 1. The van der Waals surface area contributed by atoms with Crippen LogP contribution >= 0.6 is 0 Å². The van der Waals surface area contributed by atoms with E-state index in [0.717, 1.165) is 0 Å². The van der Waals surface area contributed by atoms with Gasteiger partial charge in [-0.2, -0.15) is 5.10 Å². The molecule has 9 heteroatoms. The molecular weight excluding hydrogens is 444 g/mol. The number of fused-ring (bicyclic) bond motifs is 2. The van der Waals surface area contributed by atoms with Crippen LogP contribution < -0.4 is 9.47 Å². The summed E-state index contributed by atoms with van der Waals surface area (Å²) in [4.78, 5) is 17.5. The number of hydrogen-bond donors (Lipinski definition) is 1. The number of alkyl halides is 2. The van der Waals surface area contributed by atoms with Crippen LogP contribution in [0.3, 0.4) is 0 Å². The van der Waals surface area contributed by atoms with Gasteiger partial charge in [0.2, 0.25) is 0 Å². The maximum atomic E-state index is 13.5. The average molecular weight is 465 g/mol. The summed E-state index contributed by atoms with van der Waals surface area (Å²) in [5, 5.41) is 14.6. The molecule has 0 aliphatic carbocycles. The minimum atomic E-state index is -3.71. The Morgan fingerprint density at radius 2 is 1.76 bits per heavy atom. The Labute approximate surface area is 193 Å². The third-order valence-corrected chi connectivity index (χ3v) is 5.55. The summed E-state index contributed by atoms with van der Waals surface area (Å²) >= 11 is 0. The van der Waals surface area contributed by atoms with Gasteiger partial charge in [-0.25, -0.2) is 9.50 Å². The number of ether oxygens (including phenoxy) is 2. The van der Waals surface area contributed by atoms with Crippen LogP contribution in [0.25, 0.3) is 16.9 Å². The van der Waals surface area contributed by atoms with Crippen molar-refractivity contribution < 1.29 is 28.2 Å². The quantitative estimate of drug-likeness (QED) is 0.431. The summed E-state index contributed by atoms with van der Waals surface area (Å²) in [5.41, 5.74) is 3.06. The lowest BCUT2D eigenvalue weighted by atomic mass is 9.96. The van der Waals surface area contributed by atoms with Crippen LogP contribution in [0, 0.1) is 6.92 Å². The Kier molecular flexibility index (Phi) is 4.91. The van der Waals surface area contributed by atoms with Crippen molar-refractivity contribution >= 4 is 11.4 Å². The zero-order chi connectivity index (χ0) is 24.3. The molecule has 0 unspecified atom stereocenters. The van der Waals surface area contributed by atoms with E-state index >= 15 is 0 Å². The molecule has 1 N–H and O–H groups in total. The molecule has 0 amide bonds. The molecule has 0 saturated heterocycles. The number of rotatable bonds is 5. The highest BCUT2D eigenvalue weighted by Gasteiger charge is 2.43. The Morgan fingerprint density at radius 1 is 1.06 bits per heavy atom. The number of halogens is 2. The summed E-state index contributed by atoms with van der Waals surface area (Å²) in [6.45, 7) is 5.16. The van der Waals surface area contributed by atoms with Crippen LogP contribution in [0.1, 0.15) is 41.2 Å². The second-order valence-corrected chi connectivity index (χ2v) is 8.75. The van der Waals surface area contributed by atoms with Crippen molar-refractivity contribution in [3.8, 4) is 22.8 Å². The van der Waals surface area contributed by atoms with E-state index in [2.05, 4.69) is 19.6 Å². The summed E-state index contributed by atoms with van der Waals surface area (Å²) in [6, 6.07) is 14.7. The molecule has 3 heterocycles. The van der Waals surface area contributed by atoms with E-state index in [0.29, 0.717) is 39.4 Å². The van der Waals surface area contributed by atoms with Gasteiger partial charge < -0.3 is 14.6 Å². The normalized spacial score (nSPS) is 14.5. The van der Waals surface area contributed by atoms with E-state index in [-0.39, 0.29) is 23.7 Å². The fraction of sp³-hybridized carbons (Fsp3) is 0.240. The first-order chi connectivity index (χ1) is 16.0. The van der Waals surface area contributed by atoms with Crippen molar-refractivity contribution in [3.63, 3.8) is 0 Å². The fourth-order valence-electron chi connectivity index (χ4n) is 3.88. The predicted octanol–water partition coefficient (Wildman–Crippen LogP) is 4.68. The largest absolute Gasteiger partial charge is 0.586 e. The van der Waals surface area contributed by atoms with E-state index < -0.39 is 11.9 Å². The Hall–Kier alpha value is -3.85. The fourth-order valence-corrected chi connectivity index (χ4v) is 3.88. The van der Waals surface area contributed by atoms with Gasteiger partial charge in [-0.05, 0) is 50.6 Å². The Morgan fingerprint density at radius 3 is 2.47 bits per heavy atom. The van der Waals surface area contributed by atoms with E-state index in [9.17, 15) is 18.7 Å². The molecule has 0 bridgehead atoms. The monoisotopic (exact) mass is 465 g/mol. The minimum Gasteiger partial charge on any atom is -0.395 e. The number of aliphatic hydroxyl groups is 1. The van der Waals surface area contributed by atoms with Crippen molar-refractivity contribution in [1.82, 2.24) is 14.6 Å². The van der Waals surface area contributed by atoms with E-state index in [1.807, 2.05) is 6.92 Å². The second kappa shape index (κ2) is 7.59. The molecule has 0 atom stereocenters. The molecule has 0 spiro atoms. The maximum Gasteiger partial charge on any atom is 0.586 e. The van der Waals surface area contributed by atoms with Gasteiger partial charge in [0.1, 0.15) is 0 Å². The number of benzene rings is 2. The molecule has 1 aliphatic heterocycles. The van der Waals surface area contributed by atoms with Gasteiger partial charge in [0, 0.05) is 17.2 Å². The van der Waals surface area contributed by atoms with E-state index in [1.165, 1.54) is 12.1 Å². The summed E-state index contributed by atoms with van der Waals surface area (Å²) in [6.07, 6.45) is -3.69. The maximum absolute atomic E-state index is 13.5. The summed E-state index contributed by atoms with van der Waals surface area (Å²) in [5.74, 6) is -0.284. The molecule has 4 aromatic rings. The van der Waals surface area contributed by atoms with Crippen molar-refractivity contribution in [2.75, 3.05) is 0 Å². The van der Waals surface area contributed by atoms with Gasteiger partial charge in [-0.1, -0.05) is 24.3 Å². The molecule has 5 rings (SSSR count). The lowest BCUT2D eigenvalue weighted by Crippen LogP contribution is -2.25. The Balaban J connectivity index is 1.50. The number of aromatic nitrogens is 3. The standard InChI is InChI=1S/C25H21F2N3O4/c1-14-10-23-28-18(13-20(31)15-4-7-17(8-5-15)24(2,3)32)12-19(30(23)29-14)16-6-9-21-22(11-16)34-25(26,27)33-21/h4-12,32H,13H2,1-3H3. The molecule has 0 fully saturated rings. The number of hydrogen-bond acceptors (Lipinski definition) is 6. The third-order valence-electron chi connectivity index (χ3n) is 5.55. The first-order valence-electron chi connectivity index (χ1n) is 10.6. The first-order valence-corrected chi connectivity index (χ1v) is 10.6. The smallest absolute Gasteiger partial charge is 0.395 e. The van der Waals surface area contributed by atoms with Gasteiger partial charge in [-0.3, -0.25) is 4.79 Å². The van der Waals surface area contributed by atoms with Gasteiger partial charge in [0.15, 0.2) is 22.9 Å². The van der Waals surface area contributed by atoms with Crippen LogP contribution in [-0.2, 0) is 12.0 Å². The molecule has 2 aromatic heterocycles. The molecule has 0 radical (unpaired) electrons. The molecule has 174 valence electrons. The number of nitrogens with zero attached hydrogens (tertiary/aromatic N) is 3. The zero-order valence-corrected chi connectivity index (χ0v) is 18.7. The second-order valence-electron chi connectivity index (χ2n) is 8.75. The molecule has 7 nitrogen and oxygen atoms in total. The highest BCUT2D eigenvalue weighted by atomic mass is 19.3. The van der Waals surface area contributed by atoms with Crippen LogP contribution in [0.4, 0.5) is 8.78 Å². The molecule has 0 saturated carbocycles. The number of aryl methyl sites for hydroxylation is 1. The van der Waals surface area contributed by atoms with E-state index in [1.54, 1.807) is 60.8 Å². The number of carbonyl (C=O) groups is 1. The summed E-state index contributed by atoms with van der Waals surface area (Å²) in [7, 11) is 0. The number of carbonyl (C=O) groups excluding carboxylic acids is 1.